The molecule has 20 heavy (non-hydrogen) atoms. The summed E-state index contributed by atoms with van der Waals surface area (Å²) in [5.41, 5.74) is -0.251. The molecular weight excluding hydrogens is 280 g/mol. The maximum atomic E-state index is 11.4. The van der Waals surface area contributed by atoms with Crippen LogP contribution >= 0.6 is 11.8 Å². The second-order valence-electron chi connectivity index (χ2n) is 5.28. The smallest absolute Gasteiger partial charge is 0.313 e. The summed E-state index contributed by atoms with van der Waals surface area (Å²) in [6.45, 7) is 4.37. The number of carbonyl (C=O) groups is 1. The lowest BCUT2D eigenvalue weighted by Crippen LogP contribution is -2.32. The molecule has 1 aliphatic heterocycles. The molecule has 1 saturated heterocycles. The van der Waals surface area contributed by atoms with Crippen molar-refractivity contribution in [1.82, 2.24) is 9.55 Å². The molecule has 110 valence electrons. The van der Waals surface area contributed by atoms with E-state index >= 15 is 0 Å². The van der Waals surface area contributed by atoms with Gasteiger partial charge in [-0.25, -0.2) is 0 Å². The average molecular weight is 298 g/mol. The van der Waals surface area contributed by atoms with Gasteiger partial charge in [0.25, 0.3) is 5.56 Å². The molecule has 0 amide bonds. The van der Waals surface area contributed by atoms with E-state index in [0.717, 1.165) is 37.8 Å². The van der Waals surface area contributed by atoms with Crippen LogP contribution in [-0.4, -0.2) is 39.6 Å². The van der Waals surface area contributed by atoms with Crippen molar-refractivity contribution in [2.24, 2.45) is 5.41 Å². The number of aromatic nitrogens is 2. The Morgan fingerprint density at radius 2 is 2.25 bits per heavy atom. The van der Waals surface area contributed by atoms with Gasteiger partial charge >= 0.3 is 5.97 Å². The zero-order valence-electron chi connectivity index (χ0n) is 11.4. The van der Waals surface area contributed by atoms with Gasteiger partial charge < -0.3 is 14.4 Å². The number of hydrogen-bond donors (Lipinski definition) is 1. The molecule has 7 heteroatoms. The minimum absolute atomic E-state index is 0.0908. The van der Waals surface area contributed by atoms with E-state index in [1.807, 2.05) is 4.57 Å². The van der Waals surface area contributed by atoms with Crippen molar-refractivity contribution >= 4 is 17.7 Å². The van der Waals surface area contributed by atoms with Crippen molar-refractivity contribution in [1.29, 1.82) is 0 Å². The van der Waals surface area contributed by atoms with Crippen molar-refractivity contribution in [3.8, 4) is 0 Å². The number of aliphatic carboxylic acids is 1. The van der Waals surface area contributed by atoms with Crippen molar-refractivity contribution in [2.75, 3.05) is 19.0 Å². The predicted molar refractivity (Wildman–Crippen MR) is 75.0 cm³/mol. The molecule has 0 saturated carbocycles. The molecule has 0 radical (unpaired) electrons. The Kier molecular flexibility index (Phi) is 4.82. The van der Waals surface area contributed by atoms with E-state index < -0.39 is 5.97 Å². The van der Waals surface area contributed by atoms with E-state index in [1.165, 1.54) is 6.07 Å². The van der Waals surface area contributed by atoms with Crippen LogP contribution in [0.15, 0.2) is 22.2 Å². The molecule has 6 nitrogen and oxygen atoms in total. The van der Waals surface area contributed by atoms with Crippen LogP contribution in [0, 0.1) is 5.41 Å². The van der Waals surface area contributed by atoms with E-state index in [1.54, 1.807) is 6.20 Å². The van der Waals surface area contributed by atoms with Crippen LogP contribution in [0.4, 0.5) is 0 Å². The maximum Gasteiger partial charge on any atom is 0.313 e. The summed E-state index contributed by atoms with van der Waals surface area (Å²) in [5.74, 6) is -1.02. The van der Waals surface area contributed by atoms with E-state index in [4.69, 9.17) is 9.84 Å². The summed E-state index contributed by atoms with van der Waals surface area (Å²) < 4.78 is 7.25. The first kappa shape index (κ1) is 15.1. The Hall–Kier alpha value is -1.34. The topological polar surface area (TPSA) is 81.4 Å². The molecule has 1 aromatic rings. The first-order valence-electron chi connectivity index (χ1n) is 6.48. The van der Waals surface area contributed by atoms with Crippen LogP contribution in [-0.2, 0) is 16.1 Å². The zero-order valence-corrected chi connectivity index (χ0v) is 12.2. The number of thioether (sulfide) groups is 1. The minimum atomic E-state index is -0.920. The van der Waals surface area contributed by atoms with Crippen molar-refractivity contribution < 1.29 is 14.6 Å². The van der Waals surface area contributed by atoms with Crippen LogP contribution in [0.25, 0.3) is 0 Å². The lowest BCUT2D eigenvalue weighted by Gasteiger charge is -2.34. The van der Waals surface area contributed by atoms with Crippen LogP contribution in [0.3, 0.4) is 0 Å². The van der Waals surface area contributed by atoms with Crippen LogP contribution in [0.5, 0.6) is 0 Å². The SMILES string of the molecule is CC1(Cn2ccc(=O)nc2SCC(=O)O)CCOCC1. The summed E-state index contributed by atoms with van der Waals surface area (Å²) in [7, 11) is 0. The fourth-order valence-corrected chi connectivity index (χ4v) is 2.91. The Balaban J connectivity index is 2.17. The Bertz CT molecular complexity index is 537. The summed E-state index contributed by atoms with van der Waals surface area (Å²) in [5, 5.41) is 9.22. The fourth-order valence-electron chi connectivity index (χ4n) is 2.21. The monoisotopic (exact) mass is 298 g/mol. The van der Waals surface area contributed by atoms with Gasteiger partial charge in [-0.2, -0.15) is 4.98 Å². The van der Waals surface area contributed by atoms with Gasteiger partial charge in [-0.05, 0) is 18.3 Å². The highest BCUT2D eigenvalue weighted by molar-refractivity contribution is 7.99. The number of hydrogen-bond acceptors (Lipinski definition) is 5. The second-order valence-corrected chi connectivity index (χ2v) is 6.22. The molecule has 1 aromatic heterocycles. The molecule has 0 aromatic carbocycles. The van der Waals surface area contributed by atoms with Gasteiger partial charge in [-0.15, -0.1) is 0 Å². The number of carboxylic acid groups (broad SMARTS) is 1. The molecule has 1 fully saturated rings. The van der Waals surface area contributed by atoms with Gasteiger partial charge in [-0.1, -0.05) is 18.7 Å². The van der Waals surface area contributed by atoms with Crippen molar-refractivity contribution in [3.63, 3.8) is 0 Å². The van der Waals surface area contributed by atoms with Gasteiger partial charge in [0.1, 0.15) is 0 Å². The van der Waals surface area contributed by atoms with Gasteiger partial charge in [0.05, 0.1) is 5.75 Å². The van der Waals surface area contributed by atoms with Crippen molar-refractivity contribution in [2.45, 2.75) is 31.5 Å². The minimum Gasteiger partial charge on any atom is -0.481 e. The summed E-state index contributed by atoms with van der Waals surface area (Å²) in [6, 6.07) is 1.41. The van der Waals surface area contributed by atoms with E-state index in [0.29, 0.717) is 11.7 Å². The lowest BCUT2D eigenvalue weighted by atomic mass is 9.82. The van der Waals surface area contributed by atoms with Gasteiger partial charge in [0, 0.05) is 32.0 Å². The highest BCUT2D eigenvalue weighted by Crippen LogP contribution is 2.32. The molecule has 0 bridgehead atoms. The molecule has 2 heterocycles. The highest BCUT2D eigenvalue weighted by Gasteiger charge is 2.28. The Morgan fingerprint density at radius 3 is 2.90 bits per heavy atom. The molecule has 0 atom stereocenters. The lowest BCUT2D eigenvalue weighted by molar-refractivity contribution is -0.133. The van der Waals surface area contributed by atoms with Gasteiger partial charge in [0.2, 0.25) is 0 Å². The fraction of sp³-hybridized carbons (Fsp3) is 0.615. The number of ether oxygens (including phenoxy) is 1. The van der Waals surface area contributed by atoms with E-state index in [2.05, 4.69) is 11.9 Å². The van der Waals surface area contributed by atoms with E-state index in [9.17, 15) is 9.59 Å². The average Bonchev–Trinajstić information content (AvgIpc) is 2.39. The van der Waals surface area contributed by atoms with E-state index in [-0.39, 0.29) is 16.7 Å². The van der Waals surface area contributed by atoms with Crippen molar-refractivity contribution in [3.05, 3.63) is 22.6 Å². The second kappa shape index (κ2) is 6.41. The number of rotatable bonds is 5. The molecule has 0 unspecified atom stereocenters. The molecule has 0 spiro atoms. The third-order valence-electron chi connectivity index (χ3n) is 3.43. The quantitative estimate of drug-likeness (QED) is 0.650. The first-order valence-corrected chi connectivity index (χ1v) is 7.47. The Labute approximate surface area is 121 Å². The van der Waals surface area contributed by atoms with Gasteiger partial charge in [-0.3, -0.25) is 9.59 Å². The molecular formula is C13H18N2O4S. The van der Waals surface area contributed by atoms with Crippen LogP contribution < -0.4 is 5.56 Å². The number of carboxylic acids is 1. The highest BCUT2D eigenvalue weighted by atomic mass is 32.2. The molecule has 1 aliphatic rings. The largest absolute Gasteiger partial charge is 0.481 e. The third-order valence-corrected chi connectivity index (χ3v) is 4.40. The normalized spacial score (nSPS) is 17.9. The standard InChI is InChI=1S/C13H18N2O4S/c1-13(3-6-19-7-4-13)9-15-5-2-10(16)14-12(15)20-8-11(17)18/h2,5H,3-4,6-9H2,1H3,(H,17,18). The zero-order chi connectivity index (χ0) is 14.6. The Morgan fingerprint density at radius 1 is 1.55 bits per heavy atom. The van der Waals surface area contributed by atoms with Crippen LogP contribution in [0.2, 0.25) is 0 Å². The maximum absolute atomic E-state index is 11.4. The summed E-state index contributed by atoms with van der Waals surface area (Å²) in [4.78, 5) is 25.9. The summed E-state index contributed by atoms with van der Waals surface area (Å²) in [6.07, 6.45) is 3.59. The third kappa shape index (κ3) is 4.08. The van der Waals surface area contributed by atoms with Gasteiger partial charge in [0.15, 0.2) is 5.16 Å². The predicted octanol–water partition coefficient (Wildman–Crippen LogP) is 1.24. The molecule has 0 aliphatic carbocycles. The molecule has 1 N–H and O–H groups in total. The van der Waals surface area contributed by atoms with Crippen LogP contribution in [0.1, 0.15) is 19.8 Å². The molecule has 2 rings (SSSR count). The first-order chi connectivity index (χ1) is 9.48. The number of nitrogens with zero attached hydrogens (tertiary/aromatic N) is 2. The summed E-state index contributed by atoms with van der Waals surface area (Å²) >= 11 is 1.08.